The summed E-state index contributed by atoms with van der Waals surface area (Å²) in [7, 11) is 0. The minimum absolute atomic E-state index is 0.123. The molecule has 0 radical (unpaired) electrons. The van der Waals surface area contributed by atoms with E-state index in [1.807, 2.05) is 16.8 Å². The molecule has 2 N–H and O–H groups in total. The van der Waals surface area contributed by atoms with Gasteiger partial charge in [-0.15, -0.1) is 0 Å². The molecule has 0 fully saturated rings. The first-order chi connectivity index (χ1) is 10.8. The van der Waals surface area contributed by atoms with Crippen molar-refractivity contribution in [2.75, 3.05) is 25.0 Å². The molecule has 2 aromatic rings. The molecule has 5 heteroatoms. The van der Waals surface area contributed by atoms with Crippen molar-refractivity contribution in [3.05, 3.63) is 52.2 Å². The molecular formula is C17H21N3OS. The van der Waals surface area contributed by atoms with Crippen molar-refractivity contribution in [2.24, 2.45) is 0 Å². The van der Waals surface area contributed by atoms with Crippen LogP contribution in [-0.2, 0) is 13.0 Å². The first-order valence-electron chi connectivity index (χ1n) is 7.67. The van der Waals surface area contributed by atoms with E-state index in [0.29, 0.717) is 6.54 Å². The summed E-state index contributed by atoms with van der Waals surface area (Å²) in [6.45, 7) is 3.86. The third-order valence-electron chi connectivity index (χ3n) is 3.93. The number of amides is 2. The van der Waals surface area contributed by atoms with Crippen LogP contribution in [0.15, 0.2) is 41.1 Å². The molecule has 0 atom stereocenters. The first-order valence-corrected chi connectivity index (χ1v) is 8.62. The number of benzene rings is 1. The van der Waals surface area contributed by atoms with Gasteiger partial charge < -0.3 is 10.6 Å². The van der Waals surface area contributed by atoms with Crippen LogP contribution >= 0.6 is 11.3 Å². The number of rotatable bonds is 5. The SMILES string of the molecule is O=C(NCCCN1CCc2ccccc2C1)Nc1ccsc1. The number of urea groups is 1. The fourth-order valence-electron chi connectivity index (χ4n) is 2.76. The van der Waals surface area contributed by atoms with E-state index in [1.165, 1.54) is 11.1 Å². The van der Waals surface area contributed by atoms with Crippen LogP contribution in [0.3, 0.4) is 0 Å². The van der Waals surface area contributed by atoms with Crippen LogP contribution in [-0.4, -0.2) is 30.6 Å². The Morgan fingerprint density at radius 1 is 1.23 bits per heavy atom. The van der Waals surface area contributed by atoms with E-state index in [0.717, 1.165) is 38.2 Å². The van der Waals surface area contributed by atoms with Gasteiger partial charge in [-0.05, 0) is 35.4 Å². The molecule has 1 aliphatic heterocycles. The van der Waals surface area contributed by atoms with Crippen molar-refractivity contribution in [3.63, 3.8) is 0 Å². The monoisotopic (exact) mass is 315 g/mol. The molecule has 0 saturated carbocycles. The third-order valence-corrected chi connectivity index (χ3v) is 4.61. The molecule has 4 nitrogen and oxygen atoms in total. The van der Waals surface area contributed by atoms with Crippen molar-refractivity contribution in [1.82, 2.24) is 10.2 Å². The Bertz CT molecular complexity index is 612. The van der Waals surface area contributed by atoms with Crippen LogP contribution < -0.4 is 10.6 Å². The number of thiophene rings is 1. The zero-order chi connectivity index (χ0) is 15.2. The number of nitrogens with one attached hydrogen (secondary N) is 2. The topological polar surface area (TPSA) is 44.4 Å². The Hall–Kier alpha value is -1.85. The van der Waals surface area contributed by atoms with E-state index in [1.54, 1.807) is 11.3 Å². The minimum Gasteiger partial charge on any atom is -0.338 e. The molecule has 3 rings (SSSR count). The van der Waals surface area contributed by atoms with Gasteiger partial charge >= 0.3 is 6.03 Å². The number of anilines is 1. The second-order valence-electron chi connectivity index (χ2n) is 5.54. The van der Waals surface area contributed by atoms with Crippen molar-refractivity contribution in [1.29, 1.82) is 0 Å². The Labute approximate surface area is 135 Å². The van der Waals surface area contributed by atoms with Gasteiger partial charge in [0, 0.05) is 31.6 Å². The Morgan fingerprint density at radius 3 is 2.91 bits per heavy atom. The summed E-state index contributed by atoms with van der Waals surface area (Å²) in [6.07, 6.45) is 2.10. The fraction of sp³-hybridized carbons (Fsp3) is 0.353. The van der Waals surface area contributed by atoms with E-state index in [-0.39, 0.29) is 6.03 Å². The highest BCUT2D eigenvalue weighted by Gasteiger charge is 2.14. The molecular weight excluding hydrogens is 294 g/mol. The third kappa shape index (κ3) is 4.08. The van der Waals surface area contributed by atoms with Gasteiger partial charge in [0.1, 0.15) is 0 Å². The molecule has 0 spiro atoms. The van der Waals surface area contributed by atoms with Crippen molar-refractivity contribution in [2.45, 2.75) is 19.4 Å². The number of hydrogen-bond donors (Lipinski definition) is 2. The fourth-order valence-corrected chi connectivity index (χ4v) is 3.35. The van der Waals surface area contributed by atoms with Crippen LogP contribution in [0.2, 0.25) is 0 Å². The molecule has 0 saturated heterocycles. The highest BCUT2D eigenvalue weighted by molar-refractivity contribution is 7.08. The predicted octanol–water partition coefficient (Wildman–Crippen LogP) is 3.32. The van der Waals surface area contributed by atoms with E-state index >= 15 is 0 Å². The average Bonchev–Trinajstić information content (AvgIpc) is 3.04. The second-order valence-corrected chi connectivity index (χ2v) is 6.32. The maximum Gasteiger partial charge on any atom is 0.319 e. The van der Waals surface area contributed by atoms with Gasteiger partial charge in [-0.1, -0.05) is 24.3 Å². The van der Waals surface area contributed by atoms with Crippen LogP contribution in [0.4, 0.5) is 10.5 Å². The van der Waals surface area contributed by atoms with Gasteiger partial charge in [0.15, 0.2) is 0 Å². The molecule has 2 heterocycles. The summed E-state index contributed by atoms with van der Waals surface area (Å²) >= 11 is 1.57. The Morgan fingerprint density at radius 2 is 2.09 bits per heavy atom. The van der Waals surface area contributed by atoms with E-state index in [4.69, 9.17) is 0 Å². The molecule has 1 aromatic carbocycles. The van der Waals surface area contributed by atoms with Crippen LogP contribution in [0.1, 0.15) is 17.5 Å². The number of carbonyl (C=O) groups is 1. The highest BCUT2D eigenvalue weighted by atomic mass is 32.1. The van der Waals surface area contributed by atoms with Crippen molar-refractivity contribution < 1.29 is 4.79 Å². The zero-order valence-corrected chi connectivity index (χ0v) is 13.4. The Kier molecular flexibility index (Phi) is 5.08. The lowest BCUT2D eigenvalue weighted by molar-refractivity contribution is 0.242. The highest BCUT2D eigenvalue weighted by Crippen LogP contribution is 2.18. The number of fused-ring (bicyclic) bond motifs is 1. The molecule has 1 aliphatic rings. The molecule has 0 unspecified atom stereocenters. The maximum atomic E-state index is 11.7. The maximum absolute atomic E-state index is 11.7. The second kappa shape index (κ2) is 7.42. The van der Waals surface area contributed by atoms with Gasteiger partial charge in [0.2, 0.25) is 0 Å². The predicted molar refractivity (Wildman–Crippen MR) is 91.4 cm³/mol. The summed E-state index contributed by atoms with van der Waals surface area (Å²) in [6, 6.07) is 10.4. The van der Waals surface area contributed by atoms with E-state index in [9.17, 15) is 4.79 Å². The van der Waals surface area contributed by atoms with E-state index < -0.39 is 0 Å². The van der Waals surface area contributed by atoms with Gasteiger partial charge in [-0.3, -0.25) is 4.90 Å². The van der Waals surface area contributed by atoms with Gasteiger partial charge in [0.05, 0.1) is 5.69 Å². The minimum atomic E-state index is -0.123. The molecule has 116 valence electrons. The molecule has 1 aromatic heterocycles. The lowest BCUT2D eigenvalue weighted by Gasteiger charge is -2.28. The number of carbonyl (C=O) groups excluding carboxylic acids is 1. The van der Waals surface area contributed by atoms with Gasteiger partial charge in [-0.25, -0.2) is 4.79 Å². The van der Waals surface area contributed by atoms with Gasteiger partial charge in [-0.2, -0.15) is 11.3 Å². The largest absolute Gasteiger partial charge is 0.338 e. The molecule has 2 amide bonds. The van der Waals surface area contributed by atoms with Crippen LogP contribution in [0, 0.1) is 0 Å². The lowest BCUT2D eigenvalue weighted by atomic mass is 10.00. The molecule has 22 heavy (non-hydrogen) atoms. The zero-order valence-electron chi connectivity index (χ0n) is 12.5. The quantitative estimate of drug-likeness (QED) is 0.831. The van der Waals surface area contributed by atoms with Crippen LogP contribution in [0.5, 0.6) is 0 Å². The Balaban J connectivity index is 1.35. The molecule has 0 aliphatic carbocycles. The van der Waals surface area contributed by atoms with Crippen LogP contribution in [0.25, 0.3) is 0 Å². The summed E-state index contributed by atoms with van der Waals surface area (Å²) in [5, 5.41) is 9.60. The summed E-state index contributed by atoms with van der Waals surface area (Å²) in [4.78, 5) is 14.2. The average molecular weight is 315 g/mol. The standard InChI is InChI=1S/C17H21N3OS/c21-17(19-16-7-11-22-13-16)18-8-3-9-20-10-6-14-4-1-2-5-15(14)12-20/h1-2,4-5,7,11,13H,3,6,8-10,12H2,(H2,18,19,21). The smallest absolute Gasteiger partial charge is 0.319 e. The summed E-state index contributed by atoms with van der Waals surface area (Å²) in [5.74, 6) is 0. The van der Waals surface area contributed by atoms with Crippen molar-refractivity contribution in [3.8, 4) is 0 Å². The summed E-state index contributed by atoms with van der Waals surface area (Å²) < 4.78 is 0. The number of hydrogen-bond acceptors (Lipinski definition) is 3. The van der Waals surface area contributed by atoms with Crippen molar-refractivity contribution >= 4 is 23.1 Å². The van der Waals surface area contributed by atoms with Gasteiger partial charge in [0.25, 0.3) is 0 Å². The summed E-state index contributed by atoms with van der Waals surface area (Å²) in [5.41, 5.74) is 3.78. The normalized spacial score (nSPS) is 14.4. The number of nitrogens with zero attached hydrogens (tertiary/aromatic N) is 1. The first kappa shape index (κ1) is 15.1. The van der Waals surface area contributed by atoms with E-state index in [2.05, 4.69) is 39.8 Å². The lowest BCUT2D eigenvalue weighted by Crippen LogP contribution is -2.34. The molecule has 0 bridgehead atoms.